The van der Waals surface area contributed by atoms with E-state index in [0.29, 0.717) is 13.2 Å². The summed E-state index contributed by atoms with van der Waals surface area (Å²) in [4.78, 5) is 0. The Kier molecular flexibility index (Phi) is 4.42. The molecule has 1 aromatic carbocycles. The molecule has 0 aliphatic carbocycles. The number of aryl methyl sites for hydroxylation is 1. The van der Waals surface area contributed by atoms with Gasteiger partial charge in [0.05, 0.1) is 0 Å². The number of nitrogens with two attached hydrogens (primary N) is 1. The van der Waals surface area contributed by atoms with E-state index in [4.69, 9.17) is 14.9 Å². The highest BCUT2D eigenvalue weighted by atomic mass is 16.5. The van der Waals surface area contributed by atoms with Gasteiger partial charge in [-0.25, -0.2) is 0 Å². The van der Waals surface area contributed by atoms with Crippen LogP contribution in [0.1, 0.15) is 22.6 Å². The van der Waals surface area contributed by atoms with E-state index in [2.05, 4.69) is 6.58 Å². The molecule has 1 aromatic heterocycles. The highest BCUT2D eigenvalue weighted by molar-refractivity contribution is 5.34. The molecule has 2 aromatic rings. The summed E-state index contributed by atoms with van der Waals surface area (Å²) in [6.07, 6.45) is 2.66. The molecule has 19 heavy (non-hydrogen) atoms. The molecular formula is C16H19NO2. The van der Waals surface area contributed by atoms with Gasteiger partial charge in [-0.2, -0.15) is 0 Å². The van der Waals surface area contributed by atoms with Crippen molar-refractivity contribution in [2.45, 2.75) is 26.5 Å². The normalized spacial score (nSPS) is 10.4. The van der Waals surface area contributed by atoms with E-state index in [1.54, 1.807) is 0 Å². The molecule has 0 amide bonds. The predicted molar refractivity (Wildman–Crippen MR) is 76.0 cm³/mol. The van der Waals surface area contributed by atoms with Crippen LogP contribution < -0.4 is 10.5 Å². The van der Waals surface area contributed by atoms with Gasteiger partial charge in [-0.05, 0) is 31.0 Å². The van der Waals surface area contributed by atoms with Gasteiger partial charge < -0.3 is 14.9 Å². The van der Waals surface area contributed by atoms with Crippen LogP contribution in [-0.2, 0) is 19.6 Å². The Morgan fingerprint density at radius 3 is 2.79 bits per heavy atom. The van der Waals surface area contributed by atoms with Crippen LogP contribution in [0.25, 0.3) is 0 Å². The Bertz CT molecular complexity index is 558. The summed E-state index contributed by atoms with van der Waals surface area (Å²) in [5.41, 5.74) is 7.77. The smallest absolute Gasteiger partial charge is 0.146 e. The lowest BCUT2D eigenvalue weighted by Crippen LogP contribution is -1.97. The summed E-state index contributed by atoms with van der Waals surface area (Å²) in [6.45, 7) is 6.57. The van der Waals surface area contributed by atoms with Gasteiger partial charge in [0.1, 0.15) is 23.9 Å². The largest absolute Gasteiger partial charge is 0.485 e. The second-order valence-electron chi connectivity index (χ2n) is 4.39. The van der Waals surface area contributed by atoms with E-state index in [0.717, 1.165) is 34.8 Å². The van der Waals surface area contributed by atoms with Gasteiger partial charge in [0.2, 0.25) is 0 Å². The zero-order valence-electron chi connectivity index (χ0n) is 11.2. The Morgan fingerprint density at radius 1 is 1.32 bits per heavy atom. The molecule has 0 aliphatic heterocycles. The molecule has 0 saturated carbocycles. The molecule has 0 bridgehead atoms. The molecule has 3 heteroatoms. The molecule has 0 saturated heterocycles. The first-order valence-corrected chi connectivity index (χ1v) is 6.34. The Labute approximate surface area is 113 Å². The SMILES string of the molecule is C=CCc1ccccc1OCc1cc(CN)c(C)o1. The van der Waals surface area contributed by atoms with E-state index < -0.39 is 0 Å². The average molecular weight is 257 g/mol. The van der Waals surface area contributed by atoms with Crippen molar-refractivity contribution in [2.24, 2.45) is 5.73 Å². The number of hydrogen-bond donors (Lipinski definition) is 1. The zero-order valence-corrected chi connectivity index (χ0v) is 11.2. The first-order valence-electron chi connectivity index (χ1n) is 6.34. The van der Waals surface area contributed by atoms with Crippen LogP contribution in [0.5, 0.6) is 5.75 Å². The maximum absolute atomic E-state index is 5.81. The van der Waals surface area contributed by atoms with Crippen LogP contribution >= 0.6 is 0 Å². The number of rotatable bonds is 6. The van der Waals surface area contributed by atoms with E-state index >= 15 is 0 Å². The van der Waals surface area contributed by atoms with Gasteiger partial charge in [0.15, 0.2) is 0 Å². The first-order chi connectivity index (χ1) is 9.24. The minimum Gasteiger partial charge on any atom is -0.485 e. The lowest BCUT2D eigenvalue weighted by atomic mass is 10.1. The number of benzene rings is 1. The van der Waals surface area contributed by atoms with Crippen LogP contribution in [0.4, 0.5) is 0 Å². The summed E-state index contributed by atoms with van der Waals surface area (Å²) in [5.74, 6) is 2.53. The van der Waals surface area contributed by atoms with Crippen molar-refractivity contribution in [3.8, 4) is 5.75 Å². The number of furan rings is 1. The molecule has 0 fully saturated rings. The molecule has 0 aliphatic rings. The highest BCUT2D eigenvalue weighted by Crippen LogP contribution is 2.21. The Morgan fingerprint density at radius 2 is 2.11 bits per heavy atom. The molecule has 2 N–H and O–H groups in total. The van der Waals surface area contributed by atoms with Gasteiger partial charge >= 0.3 is 0 Å². The fraction of sp³-hybridized carbons (Fsp3) is 0.250. The second kappa shape index (κ2) is 6.25. The van der Waals surface area contributed by atoms with Crippen LogP contribution in [-0.4, -0.2) is 0 Å². The van der Waals surface area contributed by atoms with Crippen molar-refractivity contribution in [3.05, 3.63) is 65.6 Å². The molecule has 0 radical (unpaired) electrons. The van der Waals surface area contributed by atoms with Crippen molar-refractivity contribution in [1.29, 1.82) is 0 Å². The van der Waals surface area contributed by atoms with E-state index in [-0.39, 0.29) is 0 Å². The molecule has 100 valence electrons. The van der Waals surface area contributed by atoms with Gasteiger partial charge in [0.25, 0.3) is 0 Å². The quantitative estimate of drug-likeness (QED) is 0.807. The molecular weight excluding hydrogens is 238 g/mol. The van der Waals surface area contributed by atoms with Crippen molar-refractivity contribution in [3.63, 3.8) is 0 Å². The first kappa shape index (κ1) is 13.4. The van der Waals surface area contributed by atoms with Gasteiger partial charge in [0, 0.05) is 12.1 Å². The van der Waals surface area contributed by atoms with Crippen molar-refractivity contribution < 1.29 is 9.15 Å². The Balaban J connectivity index is 2.07. The molecule has 0 unspecified atom stereocenters. The zero-order chi connectivity index (χ0) is 13.7. The summed E-state index contributed by atoms with van der Waals surface area (Å²) < 4.78 is 11.4. The predicted octanol–water partition coefficient (Wildman–Crippen LogP) is 3.35. The number of ether oxygens (including phenoxy) is 1. The third kappa shape index (κ3) is 3.26. The van der Waals surface area contributed by atoms with E-state index in [1.807, 2.05) is 43.3 Å². The number of hydrogen-bond acceptors (Lipinski definition) is 3. The molecule has 0 atom stereocenters. The van der Waals surface area contributed by atoms with Crippen molar-refractivity contribution in [2.75, 3.05) is 0 Å². The average Bonchev–Trinajstić information content (AvgIpc) is 2.78. The van der Waals surface area contributed by atoms with Gasteiger partial charge in [-0.1, -0.05) is 24.3 Å². The number of allylic oxidation sites excluding steroid dienone is 1. The summed E-state index contributed by atoms with van der Waals surface area (Å²) in [6, 6.07) is 9.90. The van der Waals surface area contributed by atoms with Gasteiger partial charge in [-0.3, -0.25) is 0 Å². The second-order valence-corrected chi connectivity index (χ2v) is 4.39. The van der Waals surface area contributed by atoms with E-state index in [1.165, 1.54) is 0 Å². The summed E-state index contributed by atoms with van der Waals surface area (Å²) in [7, 11) is 0. The summed E-state index contributed by atoms with van der Waals surface area (Å²) >= 11 is 0. The maximum atomic E-state index is 5.81. The lowest BCUT2D eigenvalue weighted by Gasteiger charge is -2.08. The Hall–Kier alpha value is -2.00. The van der Waals surface area contributed by atoms with Crippen molar-refractivity contribution >= 4 is 0 Å². The third-order valence-corrected chi connectivity index (χ3v) is 3.00. The lowest BCUT2D eigenvalue weighted by molar-refractivity contribution is 0.265. The van der Waals surface area contributed by atoms with Gasteiger partial charge in [-0.15, -0.1) is 6.58 Å². The topological polar surface area (TPSA) is 48.4 Å². The van der Waals surface area contributed by atoms with Crippen LogP contribution in [0.3, 0.4) is 0 Å². The number of para-hydroxylation sites is 1. The van der Waals surface area contributed by atoms with Crippen LogP contribution in [0.2, 0.25) is 0 Å². The molecule has 3 nitrogen and oxygen atoms in total. The highest BCUT2D eigenvalue weighted by Gasteiger charge is 2.07. The minimum absolute atomic E-state index is 0.412. The summed E-state index contributed by atoms with van der Waals surface area (Å²) in [5, 5.41) is 0. The molecule has 1 heterocycles. The van der Waals surface area contributed by atoms with Crippen LogP contribution in [0, 0.1) is 6.92 Å². The standard InChI is InChI=1S/C16H19NO2/c1-3-6-13-7-4-5-8-16(13)18-11-15-9-14(10-17)12(2)19-15/h3-5,7-9H,1,6,10-11,17H2,2H3. The molecule has 0 spiro atoms. The van der Waals surface area contributed by atoms with E-state index in [9.17, 15) is 0 Å². The fourth-order valence-corrected chi connectivity index (χ4v) is 1.98. The minimum atomic E-state index is 0.412. The molecule has 2 rings (SSSR count). The van der Waals surface area contributed by atoms with Crippen LogP contribution in [0.15, 0.2) is 47.4 Å². The fourth-order valence-electron chi connectivity index (χ4n) is 1.98. The maximum Gasteiger partial charge on any atom is 0.146 e. The monoisotopic (exact) mass is 257 g/mol. The van der Waals surface area contributed by atoms with Crippen molar-refractivity contribution in [1.82, 2.24) is 0 Å². The third-order valence-electron chi connectivity index (χ3n) is 3.00.